The summed E-state index contributed by atoms with van der Waals surface area (Å²) in [7, 11) is 0. The third kappa shape index (κ3) is 5.84. The highest BCUT2D eigenvalue weighted by atomic mass is 32.2. The smallest absolute Gasteiger partial charge is 0.223 e. The van der Waals surface area contributed by atoms with Crippen molar-refractivity contribution in [1.82, 2.24) is 24.8 Å². The van der Waals surface area contributed by atoms with Crippen molar-refractivity contribution in [3.05, 3.63) is 77.1 Å². The van der Waals surface area contributed by atoms with Gasteiger partial charge in [-0.05, 0) is 61.4 Å². The van der Waals surface area contributed by atoms with Crippen LogP contribution in [0.2, 0.25) is 0 Å². The average Bonchev–Trinajstić information content (AvgIpc) is 2.74. The largest absolute Gasteiger partial charge is 0.334 e. The van der Waals surface area contributed by atoms with Crippen molar-refractivity contribution in [2.24, 2.45) is 0 Å². The Morgan fingerprint density at radius 3 is 2.28 bits per heavy atom. The van der Waals surface area contributed by atoms with Gasteiger partial charge in [0.25, 0.3) is 0 Å². The van der Waals surface area contributed by atoms with Crippen LogP contribution in [-0.4, -0.2) is 37.0 Å². The fourth-order valence-electron chi connectivity index (χ4n) is 3.20. The molecule has 0 radical (unpaired) electrons. The average molecular weight is 408 g/mol. The van der Waals surface area contributed by atoms with Gasteiger partial charge in [0.1, 0.15) is 0 Å². The molecule has 0 saturated heterocycles. The van der Waals surface area contributed by atoms with E-state index in [0.29, 0.717) is 25.9 Å². The van der Waals surface area contributed by atoms with Crippen molar-refractivity contribution >= 4 is 17.7 Å². The second-order valence-corrected chi connectivity index (χ2v) is 7.60. The predicted molar refractivity (Wildman–Crippen MR) is 114 cm³/mol. The van der Waals surface area contributed by atoms with E-state index in [0.717, 1.165) is 33.2 Å². The molecule has 0 aliphatic rings. The first kappa shape index (κ1) is 20.9. The second-order valence-electron chi connectivity index (χ2n) is 6.83. The SMILES string of the molecule is CSc1nc(C)c(CCC(=O)N(Cc2ccncc2)Cc2cccnc2)c(C)n1. The maximum atomic E-state index is 13.1. The molecule has 1 amide bonds. The lowest BCUT2D eigenvalue weighted by atomic mass is 10.1. The van der Waals surface area contributed by atoms with Crippen LogP contribution < -0.4 is 0 Å². The zero-order valence-corrected chi connectivity index (χ0v) is 17.8. The summed E-state index contributed by atoms with van der Waals surface area (Å²) in [5.74, 6) is 0.0957. The molecule has 3 aromatic heterocycles. The summed E-state index contributed by atoms with van der Waals surface area (Å²) in [5, 5.41) is 0.769. The molecule has 0 aliphatic carbocycles. The molecular weight excluding hydrogens is 382 g/mol. The normalized spacial score (nSPS) is 10.7. The van der Waals surface area contributed by atoms with Crippen LogP contribution in [0.1, 0.15) is 34.5 Å². The predicted octanol–water partition coefficient (Wildman–Crippen LogP) is 3.77. The molecule has 3 aromatic rings. The number of nitrogens with zero attached hydrogens (tertiary/aromatic N) is 5. The van der Waals surface area contributed by atoms with Crippen LogP contribution in [0.3, 0.4) is 0 Å². The molecule has 6 nitrogen and oxygen atoms in total. The Morgan fingerprint density at radius 2 is 1.66 bits per heavy atom. The van der Waals surface area contributed by atoms with Gasteiger partial charge in [-0.25, -0.2) is 9.97 Å². The lowest BCUT2D eigenvalue weighted by molar-refractivity contribution is -0.132. The molecule has 3 heterocycles. The summed E-state index contributed by atoms with van der Waals surface area (Å²) in [6, 6.07) is 7.75. The molecular formula is C22H25N5OS. The van der Waals surface area contributed by atoms with Crippen LogP contribution in [0.15, 0.2) is 54.2 Å². The Bertz CT molecular complexity index is 885. The van der Waals surface area contributed by atoms with Crippen LogP contribution in [0.25, 0.3) is 0 Å². The van der Waals surface area contributed by atoms with Crippen LogP contribution in [0.5, 0.6) is 0 Å². The fraction of sp³-hybridized carbons (Fsp3) is 0.318. The second kappa shape index (κ2) is 10.1. The van der Waals surface area contributed by atoms with Crippen LogP contribution in [-0.2, 0) is 24.3 Å². The summed E-state index contributed by atoms with van der Waals surface area (Å²) in [4.78, 5) is 32.3. The van der Waals surface area contributed by atoms with Gasteiger partial charge in [-0.15, -0.1) is 0 Å². The third-order valence-electron chi connectivity index (χ3n) is 4.74. The van der Waals surface area contributed by atoms with E-state index in [1.54, 1.807) is 24.8 Å². The van der Waals surface area contributed by atoms with Gasteiger partial charge in [-0.2, -0.15) is 0 Å². The van der Waals surface area contributed by atoms with Gasteiger partial charge in [0, 0.05) is 55.7 Å². The molecule has 150 valence electrons. The van der Waals surface area contributed by atoms with Crippen molar-refractivity contribution in [2.75, 3.05) is 6.26 Å². The molecule has 0 aromatic carbocycles. The Balaban J connectivity index is 1.74. The quantitative estimate of drug-likeness (QED) is 0.418. The van der Waals surface area contributed by atoms with Gasteiger partial charge in [0.05, 0.1) is 0 Å². The van der Waals surface area contributed by atoms with E-state index in [2.05, 4.69) is 19.9 Å². The number of pyridine rings is 2. The van der Waals surface area contributed by atoms with Crippen LogP contribution in [0.4, 0.5) is 0 Å². The first-order valence-corrected chi connectivity index (χ1v) is 10.7. The van der Waals surface area contributed by atoms with Gasteiger partial charge in [-0.1, -0.05) is 17.8 Å². The molecule has 0 fully saturated rings. The van der Waals surface area contributed by atoms with E-state index >= 15 is 0 Å². The van der Waals surface area contributed by atoms with Crippen LogP contribution in [0, 0.1) is 13.8 Å². The maximum absolute atomic E-state index is 13.1. The van der Waals surface area contributed by atoms with E-state index in [1.165, 1.54) is 11.8 Å². The Hall–Kier alpha value is -2.80. The molecule has 29 heavy (non-hydrogen) atoms. The lowest BCUT2D eigenvalue weighted by Gasteiger charge is -2.23. The van der Waals surface area contributed by atoms with Crippen molar-refractivity contribution in [2.45, 2.75) is 44.9 Å². The highest BCUT2D eigenvalue weighted by Crippen LogP contribution is 2.18. The Labute approximate surface area is 175 Å². The highest BCUT2D eigenvalue weighted by molar-refractivity contribution is 7.98. The molecule has 7 heteroatoms. The number of amides is 1. The molecule has 0 unspecified atom stereocenters. The van der Waals surface area contributed by atoms with Gasteiger partial charge < -0.3 is 4.90 Å². The number of hydrogen-bond donors (Lipinski definition) is 0. The van der Waals surface area contributed by atoms with Crippen molar-refractivity contribution in [3.63, 3.8) is 0 Å². The lowest BCUT2D eigenvalue weighted by Crippen LogP contribution is -2.30. The summed E-state index contributed by atoms with van der Waals surface area (Å²) in [5.41, 5.74) is 5.01. The maximum Gasteiger partial charge on any atom is 0.223 e. The fourth-order valence-corrected chi connectivity index (χ4v) is 3.66. The molecule has 3 rings (SSSR count). The number of thioether (sulfide) groups is 1. The summed E-state index contributed by atoms with van der Waals surface area (Å²) < 4.78 is 0. The summed E-state index contributed by atoms with van der Waals surface area (Å²) in [6.07, 6.45) is 10.0. The zero-order valence-electron chi connectivity index (χ0n) is 17.0. The molecule has 0 saturated carbocycles. The van der Waals surface area contributed by atoms with E-state index in [4.69, 9.17) is 0 Å². The van der Waals surface area contributed by atoms with Crippen molar-refractivity contribution in [1.29, 1.82) is 0 Å². The topological polar surface area (TPSA) is 71.9 Å². The first-order chi connectivity index (χ1) is 14.1. The molecule has 0 atom stereocenters. The number of aryl methyl sites for hydroxylation is 2. The van der Waals surface area contributed by atoms with E-state index in [1.807, 2.05) is 49.3 Å². The minimum absolute atomic E-state index is 0.0957. The molecule has 0 spiro atoms. The van der Waals surface area contributed by atoms with Gasteiger partial charge in [0.15, 0.2) is 5.16 Å². The first-order valence-electron chi connectivity index (χ1n) is 9.50. The summed E-state index contributed by atoms with van der Waals surface area (Å²) >= 11 is 1.53. The number of aromatic nitrogens is 4. The molecule has 0 aliphatic heterocycles. The van der Waals surface area contributed by atoms with Crippen LogP contribution >= 0.6 is 11.8 Å². The van der Waals surface area contributed by atoms with E-state index in [9.17, 15) is 4.79 Å². The zero-order chi connectivity index (χ0) is 20.6. The number of carbonyl (C=O) groups is 1. The van der Waals surface area contributed by atoms with Crippen molar-refractivity contribution in [3.8, 4) is 0 Å². The number of carbonyl (C=O) groups excluding carboxylic acids is 1. The standard InChI is InChI=1S/C22H25N5OS/c1-16-20(17(2)26-22(25-16)29-3)6-7-21(28)27(14-18-8-11-23-12-9-18)15-19-5-4-10-24-13-19/h4-5,8-13H,6-7,14-15H2,1-3H3. The highest BCUT2D eigenvalue weighted by Gasteiger charge is 2.17. The number of rotatable bonds is 8. The Morgan fingerprint density at radius 1 is 0.966 bits per heavy atom. The number of hydrogen-bond acceptors (Lipinski definition) is 6. The summed E-state index contributed by atoms with van der Waals surface area (Å²) in [6.45, 7) is 5.03. The third-order valence-corrected chi connectivity index (χ3v) is 5.29. The van der Waals surface area contributed by atoms with E-state index in [-0.39, 0.29) is 5.91 Å². The Kier molecular flexibility index (Phi) is 7.30. The van der Waals surface area contributed by atoms with E-state index < -0.39 is 0 Å². The monoisotopic (exact) mass is 407 g/mol. The van der Waals surface area contributed by atoms with Gasteiger partial charge >= 0.3 is 0 Å². The molecule has 0 bridgehead atoms. The van der Waals surface area contributed by atoms with Gasteiger partial charge in [0.2, 0.25) is 5.91 Å². The van der Waals surface area contributed by atoms with Gasteiger partial charge in [-0.3, -0.25) is 14.8 Å². The minimum atomic E-state index is 0.0957. The molecule has 0 N–H and O–H groups in total. The minimum Gasteiger partial charge on any atom is -0.334 e. The van der Waals surface area contributed by atoms with Crippen molar-refractivity contribution < 1.29 is 4.79 Å².